The summed E-state index contributed by atoms with van der Waals surface area (Å²) in [4.78, 5) is 33.1. The number of thiophene rings is 1. The van der Waals surface area contributed by atoms with Crippen LogP contribution in [-0.4, -0.2) is 35.8 Å². The Labute approximate surface area is 157 Å². The molecule has 9 heteroatoms. The lowest BCUT2D eigenvalue weighted by Gasteiger charge is -2.11. The molecule has 2 heterocycles. The maximum absolute atomic E-state index is 12.2. The van der Waals surface area contributed by atoms with Crippen molar-refractivity contribution < 1.29 is 14.3 Å². The number of fused-ring (bicyclic) bond motifs is 1. The minimum Gasteiger partial charge on any atom is -0.497 e. The monoisotopic (exact) mass is 391 g/mol. The molecule has 7 nitrogen and oxygen atoms in total. The zero-order valence-corrected chi connectivity index (χ0v) is 16.0. The first-order chi connectivity index (χ1) is 12.5. The molecule has 0 spiro atoms. The molecule has 2 N–H and O–H groups in total. The van der Waals surface area contributed by atoms with Crippen LogP contribution in [-0.2, 0) is 4.79 Å². The molecule has 0 bridgehead atoms. The summed E-state index contributed by atoms with van der Waals surface area (Å²) in [5, 5.41) is 3.77. The Bertz CT molecular complexity index is 1010. The van der Waals surface area contributed by atoms with Crippen molar-refractivity contribution in [2.75, 3.05) is 25.3 Å². The van der Waals surface area contributed by atoms with E-state index in [1.54, 1.807) is 25.3 Å². The Morgan fingerprint density at radius 3 is 2.85 bits per heavy atom. The zero-order chi connectivity index (χ0) is 18.7. The van der Waals surface area contributed by atoms with E-state index in [1.165, 1.54) is 30.2 Å². The maximum Gasteiger partial charge on any atom is 0.260 e. The second-order valence-electron chi connectivity index (χ2n) is 5.35. The average molecular weight is 391 g/mol. The topological polar surface area (TPSA) is 93.3 Å². The van der Waals surface area contributed by atoms with Gasteiger partial charge in [-0.05, 0) is 25.1 Å². The molecule has 0 saturated heterocycles. The summed E-state index contributed by atoms with van der Waals surface area (Å²) in [7, 11) is 3.08. The van der Waals surface area contributed by atoms with Crippen LogP contribution in [0.15, 0.2) is 34.2 Å². The van der Waals surface area contributed by atoms with Gasteiger partial charge in [0.2, 0.25) is 5.91 Å². The van der Waals surface area contributed by atoms with Gasteiger partial charge < -0.3 is 19.8 Å². The van der Waals surface area contributed by atoms with Gasteiger partial charge in [-0.25, -0.2) is 4.98 Å². The molecule has 3 aromatic rings. The van der Waals surface area contributed by atoms with Crippen LogP contribution in [0.25, 0.3) is 10.2 Å². The molecule has 3 rings (SSSR count). The summed E-state index contributed by atoms with van der Waals surface area (Å²) < 4.78 is 10.4. The van der Waals surface area contributed by atoms with Crippen molar-refractivity contribution in [1.29, 1.82) is 0 Å². The normalized spacial score (nSPS) is 10.7. The molecule has 0 atom stereocenters. The van der Waals surface area contributed by atoms with Gasteiger partial charge in [-0.2, -0.15) is 0 Å². The van der Waals surface area contributed by atoms with E-state index in [0.29, 0.717) is 32.6 Å². The van der Waals surface area contributed by atoms with Gasteiger partial charge in [-0.15, -0.1) is 11.3 Å². The number of hydrogen-bond acceptors (Lipinski definition) is 7. The van der Waals surface area contributed by atoms with E-state index < -0.39 is 0 Å². The third-order valence-electron chi connectivity index (χ3n) is 3.53. The first-order valence-electron chi connectivity index (χ1n) is 7.65. The van der Waals surface area contributed by atoms with Gasteiger partial charge in [0.25, 0.3) is 5.56 Å². The lowest BCUT2D eigenvalue weighted by molar-refractivity contribution is -0.113. The SMILES string of the molecule is COc1ccc(NC(=O)CSc2nc3sc(C)cc3c(=O)[nH]2)c(OC)c1. The number of carbonyl (C=O) groups is 1. The van der Waals surface area contributed by atoms with E-state index in [4.69, 9.17) is 9.47 Å². The Balaban J connectivity index is 1.68. The standard InChI is InChI=1S/C17H17N3O4S2/c1-9-6-11-15(22)19-17(20-16(11)26-9)25-8-14(21)18-12-5-4-10(23-2)7-13(12)24-3/h4-7H,8H2,1-3H3,(H,18,21)(H,19,20,22). The molecule has 1 aromatic carbocycles. The number of nitrogens with one attached hydrogen (secondary N) is 2. The van der Waals surface area contributed by atoms with Gasteiger partial charge >= 0.3 is 0 Å². The Hall–Kier alpha value is -2.52. The maximum atomic E-state index is 12.2. The fraction of sp³-hybridized carbons (Fsp3) is 0.235. The van der Waals surface area contributed by atoms with Gasteiger partial charge in [0, 0.05) is 10.9 Å². The van der Waals surface area contributed by atoms with Crippen LogP contribution in [0.2, 0.25) is 0 Å². The number of nitrogens with zero attached hydrogens (tertiary/aromatic N) is 1. The highest BCUT2D eigenvalue weighted by molar-refractivity contribution is 7.99. The average Bonchev–Trinajstić information content (AvgIpc) is 3.01. The Morgan fingerprint density at radius 2 is 2.12 bits per heavy atom. The minimum absolute atomic E-state index is 0.105. The van der Waals surface area contributed by atoms with Crippen LogP contribution in [0.3, 0.4) is 0 Å². The van der Waals surface area contributed by atoms with E-state index in [1.807, 2.05) is 13.0 Å². The van der Waals surface area contributed by atoms with E-state index in [9.17, 15) is 9.59 Å². The Kier molecular flexibility index (Phi) is 5.48. The highest BCUT2D eigenvalue weighted by Crippen LogP contribution is 2.29. The predicted octanol–water partition coefficient (Wildman–Crippen LogP) is 3.04. The molecule has 26 heavy (non-hydrogen) atoms. The fourth-order valence-electron chi connectivity index (χ4n) is 2.32. The smallest absolute Gasteiger partial charge is 0.260 e. The van der Waals surface area contributed by atoms with Crippen molar-refractivity contribution >= 4 is 44.9 Å². The number of anilines is 1. The number of aryl methyl sites for hydroxylation is 1. The lowest BCUT2D eigenvalue weighted by atomic mass is 10.2. The van der Waals surface area contributed by atoms with Crippen molar-refractivity contribution in [3.8, 4) is 11.5 Å². The number of thioether (sulfide) groups is 1. The number of ether oxygens (including phenoxy) is 2. The summed E-state index contributed by atoms with van der Waals surface area (Å²) in [5.74, 6) is 1.01. The van der Waals surface area contributed by atoms with Gasteiger partial charge in [0.1, 0.15) is 16.3 Å². The van der Waals surface area contributed by atoms with Crippen LogP contribution < -0.4 is 20.3 Å². The molecule has 136 valence electrons. The highest BCUT2D eigenvalue weighted by Gasteiger charge is 2.12. The number of methoxy groups -OCH3 is 2. The summed E-state index contributed by atoms with van der Waals surface area (Å²) in [6.45, 7) is 1.92. The van der Waals surface area contributed by atoms with Crippen molar-refractivity contribution in [3.63, 3.8) is 0 Å². The third-order valence-corrected chi connectivity index (χ3v) is 5.34. The number of carbonyl (C=O) groups excluding carboxylic acids is 1. The number of H-pyrrole nitrogens is 1. The number of amides is 1. The second kappa shape index (κ2) is 7.79. The molecule has 0 fully saturated rings. The molecule has 0 aliphatic rings. The number of aromatic amines is 1. The largest absolute Gasteiger partial charge is 0.497 e. The molecule has 0 radical (unpaired) electrons. The molecule has 0 aliphatic heterocycles. The van der Waals surface area contributed by atoms with Crippen LogP contribution >= 0.6 is 23.1 Å². The van der Waals surface area contributed by atoms with Gasteiger partial charge in [0.15, 0.2) is 5.16 Å². The van der Waals surface area contributed by atoms with Crippen molar-refractivity contribution in [3.05, 3.63) is 39.5 Å². The Morgan fingerprint density at radius 1 is 1.31 bits per heavy atom. The van der Waals surface area contributed by atoms with E-state index in [0.717, 1.165) is 4.88 Å². The first-order valence-corrected chi connectivity index (χ1v) is 9.45. The molecule has 0 saturated carbocycles. The number of aromatic nitrogens is 2. The third kappa shape index (κ3) is 4.00. The van der Waals surface area contributed by atoms with Crippen molar-refractivity contribution in [1.82, 2.24) is 9.97 Å². The van der Waals surface area contributed by atoms with Crippen LogP contribution in [0.4, 0.5) is 5.69 Å². The highest BCUT2D eigenvalue weighted by atomic mass is 32.2. The zero-order valence-electron chi connectivity index (χ0n) is 14.4. The molecular formula is C17H17N3O4S2. The summed E-state index contributed by atoms with van der Waals surface area (Å²) >= 11 is 2.62. The molecule has 0 unspecified atom stereocenters. The number of hydrogen-bond donors (Lipinski definition) is 2. The summed E-state index contributed by atoms with van der Waals surface area (Å²) in [5.41, 5.74) is 0.351. The summed E-state index contributed by atoms with van der Waals surface area (Å²) in [6.07, 6.45) is 0. The summed E-state index contributed by atoms with van der Waals surface area (Å²) in [6, 6.07) is 6.94. The quantitative estimate of drug-likeness (QED) is 0.496. The number of rotatable bonds is 6. The lowest BCUT2D eigenvalue weighted by Crippen LogP contribution is -2.16. The van der Waals surface area contributed by atoms with Gasteiger partial charge in [-0.1, -0.05) is 11.8 Å². The van der Waals surface area contributed by atoms with Crippen LogP contribution in [0.1, 0.15) is 4.88 Å². The second-order valence-corrected chi connectivity index (χ2v) is 7.55. The van der Waals surface area contributed by atoms with Gasteiger partial charge in [0.05, 0.1) is 31.0 Å². The van der Waals surface area contributed by atoms with Crippen LogP contribution in [0, 0.1) is 6.92 Å². The number of benzene rings is 1. The van der Waals surface area contributed by atoms with Crippen LogP contribution in [0.5, 0.6) is 11.5 Å². The van der Waals surface area contributed by atoms with E-state index >= 15 is 0 Å². The van der Waals surface area contributed by atoms with Crippen molar-refractivity contribution in [2.45, 2.75) is 12.1 Å². The fourth-order valence-corrected chi connectivity index (χ4v) is 3.92. The predicted molar refractivity (Wildman–Crippen MR) is 104 cm³/mol. The molecular weight excluding hydrogens is 374 g/mol. The molecule has 0 aliphatic carbocycles. The minimum atomic E-state index is -0.233. The first kappa shape index (κ1) is 18.3. The van der Waals surface area contributed by atoms with Gasteiger partial charge in [-0.3, -0.25) is 9.59 Å². The molecule has 1 amide bonds. The van der Waals surface area contributed by atoms with Crippen molar-refractivity contribution in [2.24, 2.45) is 0 Å². The van der Waals surface area contributed by atoms with E-state index in [-0.39, 0.29) is 17.2 Å². The van der Waals surface area contributed by atoms with E-state index in [2.05, 4.69) is 15.3 Å². The molecule has 2 aromatic heterocycles.